The maximum absolute atomic E-state index is 12.7. The highest BCUT2D eigenvalue weighted by Gasteiger charge is 2.22. The van der Waals surface area contributed by atoms with Crippen molar-refractivity contribution in [3.8, 4) is 11.5 Å². The lowest BCUT2D eigenvalue weighted by Gasteiger charge is -2.35. The first-order valence-electron chi connectivity index (χ1n) is 10.6. The number of piperazine rings is 1. The Morgan fingerprint density at radius 2 is 1.70 bits per heavy atom. The van der Waals surface area contributed by atoms with E-state index in [-0.39, 0.29) is 6.03 Å². The molecule has 0 spiro atoms. The number of pyridine rings is 1. The fourth-order valence-electron chi connectivity index (χ4n) is 3.55. The Morgan fingerprint density at radius 1 is 0.909 bits per heavy atom. The van der Waals surface area contributed by atoms with E-state index in [2.05, 4.69) is 30.7 Å². The van der Waals surface area contributed by atoms with Gasteiger partial charge in [-0.3, -0.25) is 0 Å². The molecule has 0 unspecified atom stereocenters. The van der Waals surface area contributed by atoms with E-state index in [9.17, 15) is 4.79 Å². The summed E-state index contributed by atoms with van der Waals surface area (Å²) in [4.78, 5) is 20.9. The number of ether oxygens (including phenoxy) is 2. The zero-order chi connectivity index (χ0) is 23.2. The number of methoxy groups -OCH3 is 2. The van der Waals surface area contributed by atoms with Crippen molar-refractivity contribution in [3.63, 3.8) is 0 Å². The number of hydrogen-bond acceptors (Lipinski definition) is 8. The number of hydrogen-bond donors (Lipinski definition) is 2. The van der Waals surface area contributed by atoms with Crippen LogP contribution in [0.25, 0.3) is 0 Å². The molecule has 10 nitrogen and oxygen atoms in total. The largest absolute Gasteiger partial charge is 0.493 e. The number of urea groups is 1. The lowest BCUT2D eigenvalue weighted by atomic mass is 10.2. The molecule has 1 aliphatic rings. The van der Waals surface area contributed by atoms with Crippen LogP contribution in [0.2, 0.25) is 0 Å². The van der Waals surface area contributed by atoms with Crippen LogP contribution in [0.3, 0.4) is 0 Å². The maximum atomic E-state index is 12.7. The third-order valence-corrected chi connectivity index (χ3v) is 5.35. The number of rotatable bonds is 6. The molecule has 0 saturated carbocycles. The Kier molecular flexibility index (Phi) is 6.72. The lowest BCUT2D eigenvalue weighted by Crippen LogP contribution is -2.50. The summed E-state index contributed by atoms with van der Waals surface area (Å²) < 4.78 is 10.5. The van der Waals surface area contributed by atoms with Gasteiger partial charge in [0.2, 0.25) is 0 Å². The molecule has 0 bridgehead atoms. The van der Waals surface area contributed by atoms with E-state index in [0.29, 0.717) is 49.2 Å². The predicted octanol–water partition coefficient (Wildman–Crippen LogP) is 3.29. The highest BCUT2D eigenvalue weighted by atomic mass is 16.5. The summed E-state index contributed by atoms with van der Waals surface area (Å²) >= 11 is 0. The average molecular weight is 450 g/mol. The van der Waals surface area contributed by atoms with Gasteiger partial charge in [-0.05, 0) is 48.9 Å². The molecule has 0 atom stereocenters. The van der Waals surface area contributed by atoms with E-state index in [1.54, 1.807) is 43.5 Å². The highest BCUT2D eigenvalue weighted by Crippen LogP contribution is 2.30. The number of carbonyl (C=O) groups is 1. The summed E-state index contributed by atoms with van der Waals surface area (Å²) in [7, 11) is 3.14. The molecule has 2 aromatic heterocycles. The fraction of sp³-hybridized carbons (Fsp3) is 0.304. The number of aromatic nitrogens is 3. The van der Waals surface area contributed by atoms with Gasteiger partial charge in [0.25, 0.3) is 0 Å². The normalized spacial score (nSPS) is 13.4. The average Bonchev–Trinajstić information content (AvgIpc) is 2.84. The van der Waals surface area contributed by atoms with Crippen LogP contribution in [0.4, 0.5) is 27.9 Å². The summed E-state index contributed by atoms with van der Waals surface area (Å²) in [5, 5.41) is 14.7. The van der Waals surface area contributed by atoms with Crippen molar-refractivity contribution in [3.05, 3.63) is 54.2 Å². The van der Waals surface area contributed by atoms with Crippen LogP contribution >= 0.6 is 0 Å². The van der Waals surface area contributed by atoms with Gasteiger partial charge < -0.3 is 29.9 Å². The first-order chi connectivity index (χ1) is 16.1. The maximum Gasteiger partial charge on any atom is 0.321 e. The molecule has 1 aromatic carbocycles. The van der Waals surface area contributed by atoms with Gasteiger partial charge in [-0.25, -0.2) is 9.78 Å². The minimum absolute atomic E-state index is 0.154. The van der Waals surface area contributed by atoms with E-state index in [4.69, 9.17) is 9.47 Å². The van der Waals surface area contributed by atoms with Crippen molar-refractivity contribution in [2.75, 3.05) is 55.9 Å². The van der Waals surface area contributed by atoms with E-state index in [1.165, 1.54) is 0 Å². The molecule has 1 saturated heterocycles. The Labute approximate surface area is 192 Å². The van der Waals surface area contributed by atoms with Crippen LogP contribution in [0.15, 0.2) is 48.7 Å². The summed E-state index contributed by atoms with van der Waals surface area (Å²) in [6, 6.07) is 12.8. The second kappa shape index (κ2) is 10.0. The van der Waals surface area contributed by atoms with Crippen molar-refractivity contribution < 1.29 is 14.3 Å². The second-order valence-electron chi connectivity index (χ2n) is 7.59. The molecule has 172 valence electrons. The van der Waals surface area contributed by atoms with Gasteiger partial charge in [0.05, 0.1) is 14.2 Å². The fourth-order valence-corrected chi connectivity index (χ4v) is 3.55. The third-order valence-electron chi connectivity index (χ3n) is 5.35. The van der Waals surface area contributed by atoms with E-state index >= 15 is 0 Å². The van der Waals surface area contributed by atoms with Crippen molar-refractivity contribution in [2.24, 2.45) is 0 Å². The monoisotopic (exact) mass is 449 g/mol. The van der Waals surface area contributed by atoms with Gasteiger partial charge in [-0.2, -0.15) is 0 Å². The standard InChI is InChI=1S/C23H27N7O3/c1-16-8-9-24-21(14-16)26-20-6-7-22(28-27-20)29-10-12-30(13-11-29)23(31)25-17-4-5-18(32-2)19(15-17)33-3/h4-9,14-15H,10-13H2,1-3H3,(H,25,31)(H,24,26,27). The zero-order valence-electron chi connectivity index (χ0n) is 18.9. The highest BCUT2D eigenvalue weighted by molar-refractivity contribution is 5.90. The Morgan fingerprint density at radius 3 is 2.36 bits per heavy atom. The SMILES string of the molecule is COc1ccc(NC(=O)N2CCN(c3ccc(Nc4cc(C)ccn4)nn3)CC2)cc1OC. The second-order valence-corrected chi connectivity index (χ2v) is 7.59. The van der Waals surface area contributed by atoms with Crippen LogP contribution in [0, 0.1) is 6.92 Å². The summed E-state index contributed by atoms with van der Waals surface area (Å²) in [5.74, 6) is 3.31. The quantitative estimate of drug-likeness (QED) is 0.591. The van der Waals surface area contributed by atoms with Gasteiger partial charge in [0, 0.05) is 44.1 Å². The van der Waals surface area contributed by atoms with Gasteiger partial charge in [0.1, 0.15) is 5.82 Å². The van der Waals surface area contributed by atoms with Crippen LogP contribution < -0.4 is 25.0 Å². The van der Waals surface area contributed by atoms with Gasteiger partial charge in [-0.15, -0.1) is 10.2 Å². The lowest BCUT2D eigenvalue weighted by molar-refractivity contribution is 0.208. The molecule has 10 heteroatoms. The van der Waals surface area contributed by atoms with E-state index in [0.717, 1.165) is 17.2 Å². The van der Waals surface area contributed by atoms with Crippen molar-refractivity contribution in [2.45, 2.75) is 6.92 Å². The summed E-state index contributed by atoms with van der Waals surface area (Å²) in [5.41, 5.74) is 1.77. The molecule has 33 heavy (non-hydrogen) atoms. The predicted molar refractivity (Wildman–Crippen MR) is 127 cm³/mol. The van der Waals surface area contributed by atoms with Gasteiger partial charge >= 0.3 is 6.03 Å². The first kappa shape index (κ1) is 22.1. The van der Waals surface area contributed by atoms with Gasteiger partial charge in [0.15, 0.2) is 23.1 Å². The van der Waals surface area contributed by atoms with Crippen LogP contribution in [0.1, 0.15) is 5.56 Å². The van der Waals surface area contributed by atoms with Crippen molar-refractivity contribution in [1.29, 1.82) is 0 Å². The Hall–Kier alpha value is -4.08. The minimum atomic E-state index is -0.154. The molecule has 3 aromatic rings. The number of nitrogens with zero attached hydrogens (tertiary/aromatic N) is 5. The third kappa shape index (κ3) is 5.40. The molecule has 3 heterocycles. The van der Waals surface area contributed by atoms with E-state index < -0.39 is 0 Å². The number of anilines is 4. The molecule has 2 amide bonds. The van der Waals surface area contributed by atoms with E-state index in [1.807, 2.05) is 31.2 Å². The number of nitrogens with one attached hydrogen (secondary N) is 2. The van der Waals surface area contributed by atoms with Crippen LogP contribution in [-0.2, 0) is 0 Å². The molecule has 1 aliphatic heterocycles. The summed E-state index contributed by atoms with van der Waals surface area (Å²) in [6.45, 7) is 4.50. The summed E-state index contributed by atoms with van der Waals surface area (Å²) in [6.07, 6.45) is 1.75. The van der Waals surface area contributed by atoms with Crippen LogP contribution in [-0.4, -0.2) is 66.5 Å². The molecule has 4 rings (SSSR count). The topological polar surface area (TPSA) is 105 Å². The first-order valence-corrected chi connectivity index (χ1v) is 10.6. The van der Waals surface area contributed by atoms with Crippen LogP contribution in [0.5, 0.6) is 11.5 Å². The number of carbonyl (C=O) groups excluding carboxylic acids is 1. The number of amides is 2. The smallest absolute Gasteiger partial charge is 0.321 e. The molecule has 0 radical (unpaired) electrons. The van der Waals surface area contributed by atoms with Gasteiger partial charge in [-0.1, -0.05) is 0 Å². The number of benzene rings is 1. The minimum Gasteiger partial charge on any atom is -0.493 e. The van der Waals surface area contributed by atoms with Crippen molar-refractivity contribution >= 4 is 29.2 Å². The molecular weight excluding hydrogens is 422 g/mol. The molecule has 1 fully saturated rings. The molecule has 0 aliphatic carbocycles. The van der Waals surface area contributed by atoms with Crippen molar-refractivity contribution in [1.82, 2.24) is 20.1 Å². The number of aryl methyl sites for hydroxylation is 1. The molecule has 2 N–H and O–H groups in total. The zero-order valence-corrected chi connectivity index (χ0v) is 18.9. The Balaban J connectivity index is 1.30. The molecular formula is C23H27N7O3. The Bertz CT molecular complexity index is 1100.